The Morgan fingerprint density at radius 2 is 1.72 bits per heavy atom. The summed E-state index contributed by atoms with van der Waals surface area (Å²) in [4.78, 5) is 15.3. The molecule has 0 aliphatic heterocycles. The molecule has 0 amide bonds. The van der Waals surface area contributed by atoms with Crippen molar-refractivity contribution >= 4 is 17.3 Å². The Bertz CT molecular complexity index is 484. The van der Waals surface area contributed by atoms with Crippen molar-refractivity contribution in [1.29, 1.82) is 0 Å². The van der Waals surface area contributed by atoms with Crippen LogP contribution >= 0.6 is 11.3 Å². The van der Waals surface area contributed by atoms with Crippen LogP contribution in [0.25, 0.3) is 0 Å². The van der Waals surface area contributed by atoms with Crippen LogP contribution in [0.3, 0.4) is 0 Å². The van der Waals surface area contributed by atoms with Gasteiger partial charge in [-0.1, -0.05) is 51.0 Å². The maximum absolute atomic E-state index is 10.6. The molecule has 0 saturated heterocycles. The van der Waals surface area contributed by atoms with E-state index in [9.17, 15) is 4.79 Å². The smallest absolute Gasteiger partial charge is 0.303 e. The monoisotopic (exact) mass is 365 g/mol. The molecule has 1 rings (SSSR count). The van der Waals surface area contributed by atoms with E-state index in [0.717, 1.165) is 37.1 Å². The fraction of sp³-hybridized carbons (Fsp3) is 0.714. The van der Waals surface area contributed by atoms with Crippen LogP contribution in [0.2, 0.25) is 0 Å². The minimum absolute atomic E-state index is 0.298. The number of thiazole rings is 1. The highest BCUT2D eigenvalue weighted by atomic mass is 32.1. The number of carboxylic acids is 1. The minimum Gasteiger partial charge on any atom is -0.481 e. The second-order valence-corrected chi connectivity index (χ2v) is 8.03. The molecule has 1 heterocycles. The second kappa shape index (κ2) is 14.1. The molecule has 142 valence electrons. The summed E-state index contributed by atoms with van der Waals surface area (Å²) in [5, 5.41) is 12.1. The maximum atomic E-state index is 10.6. The maximum Gasteiger partial charge on any atom is 0.303 e. The molecule has 0 bridgehead atoms. The van der Waals surface area contributed by atoms with Crippen molar-refractivity contribution in [1.82, 2.24) is 4.98 Å². The van der Waals surface area contributed by atoms with Gasteiger partial charge in [-0.25, -0.2) is 4.98 Å². The van der Waals surface area contributed by atoms with E-state index >= 15 is 0 Å². The standard InChI is InChI=1S/C21H35NO2S/c1-3-4-5-6-7-8-9-11-14-19(20-17-25-18(2)22-20)15-12-10-13-16-21(23)24/h3,17,19H,1,4-16H2,2H3,(H,23,24). The van der Waals surface area contributed by atoms with Gasteiger partial charge in [0.05, 0.1) is 10.7 Å². The van der Waals surface area contributed by atoms with E-state index in [1.54, 1.807) is 11.3 Å². The quantitative estimate of drug-likeness (QED) is 0.257. The molecule has 3 nitrogen and oxygen atoms in total. The van der Waals surface area contributed by atoms with E-state index in [1.807, 2.05) is 6.08 Å². The van der Waals surface area contributed by atoms with Crippen LogP contribution in [0.5, 0.6) is 0 Å². The van der Waals surface area contributed by atoms with Crippen molar-refractivity contribution in [2.45, 2.75) is 96.3 Å². The van der Waals surface area contributed by atoms with E-state index in [4.69, 9.17) is 10.1 Å². The van der Waals surface area contributed by atoms with E-state index in [1.165, 1.54) is 50.6 Å². The fourth-order valence-electron chi connectivity index (χ4n) is 3.24. The first-order chi connectivity index (χ1) is 12.1. The minimum atomic E-state index is -0.681. The number of aliphatic carboxylic acids is 1. The molecule has 1 unspecified atom stereocenters. The van der Waals surface area contributed by atoms with Crippen molar-refractivity contribution in [2.75, 3.05) is 0 Å². The zero-order valence-corrected chi connectivity index (χ0v) is 16.7. The number of carbonyl (C=O) groups is 1. The lowest BCUT2D eigenvalue weighted by molar-refractivity contribution is -0.137. The van der Waals surface area contributed by atoms with Crippen LogP contribution < -0.4 is 0 Å². The van der Waals surface area contributed by atoms with Crippen molar-refractivity contribution in [3.05, 3.63) is 28.7 Å². The molecule has 25 heavy (non-hydrogen) atoms. The van der Waals surface area contributed by atoms with Crippen molar-refractivity contribution in [2.24, 2.45) is 0 Å². The van der Waals surface area contributed by atoms with Gasteiger partial charge in [-0.15, -0.1) is 17.9 Å². The Hall–Kier alpha value is -1.16. The van der Waals surface area contributed by atoms with Crippen LogP contribution in [-0.4, -0.2) is 16.1 Å². The average molecular weight is 366 g/mol. The number of allylic oxidation sites excluding steroid dienone is 1. The van der Waals surface area contributed by atoms with Gasteiger partial charge in [0.1, 0.15) is 0 Å². The molecule has 0 aliphatic carbocycles. The van der Waals surface area contributed by atoms with Crippen LogP contribution in [-0.2, 0) is 4.79 Å². The number of aryl methyl sites for hydroxylation is 1. The van der Waals surface area contributed by atoms with Gasteiger partial charge in [0.15, 0.2) is 0 Å². The van der Waals surface area contributed by atoms with Gasteiger partial charge in [-0.05, 0) is 39.0 Å². The predicted octanol–water partition coefficient (Wildman–Crippen LogP) is 6.88. The Morgan fingerprint density at radius 1 is 1.12 bits per heavy atom. The zero-order chi connectivity index (χ0) is 18.3. The highest BCUT2D eigenvalue weighted by molar-refractivity contribution is 7.09. The van der Waals surface area contributed by atoms with Gasteiger partial charge in [-0.2, -0.15) is 0 Å². The summed E-state index contributed by atoms with van der Waals surface area (Å²) in [5.74, 6) is -0.129. The van der Waals surface area contributed by atoms with Gasteiger partial charge in [0, 0.05) is 17.7 Å². The van der Waals surface area contributed by atoms with E-state index in [2.05, 4.69) is 18.9 Å². The summed E-state index contributed by atoms with van der Waals surface area (Å²) in [5.41, 5.74) is 1.26. The molecule has 0 aromatic carbocycles. The molecule has 1 N–H and O–H groups in total. The molecular weight excluding hydrogens is 330 g/mol. The van der Waals surface area contributed by atoms with Crippen molar-refractivity contribution < 1.29 is 9.90 Å². The van der Waals surface area contributed by atoms with E-state index in [-0.39, 0.29) is 0 Å². The van der Waals surface area contributed by atoms with Crippen LogP contribution in [0.15, 0.2) is 18.0 Å². The van der Waals surface area contributed by atoms with Crippen LogP contribution in [0, 0.1) is 6.92 Å². The third kappa shape index (κ3) is 11.1. The molecule has 0 radical (unpaired) electrons. The largest absolute Gasteiger partial charge is 0.481 e. The highest BCUT2D eigenvalue weighted by Gasteiger charge is 2.14. The van der Waals surface area contributed by atoms with Gasteiger partial charge < -0.3 is 5.11 Å². The number of unbranched alkanes of at least 4 members (excludes halogenated alkanes) is 8. The third-order valence-corrected chi connectivity index (χ3v) is 5.50. The number of rotatable bonds is 16. The molecule has 1 aromatic heterocycles. The molecule has 0 spiro atoms. The number of nitrogens with zero attached hydrogens (tertiary/aromatic N) is 1. The number of hydrogen-bond acceptors (Lipinski definition) is 3. The van der Waals surface area contributed by atoms with Crippen molar-refractivity contribution in [3.8, 4) is 0 Å². The number of hydrogen-bond donors (Lipinski definition) is 1. The lowest BCUT2D eigenvalue weighted by atomic mass is 9.92. The molecule has 1 aromatic rings. The zero-order valence-electron chi connectivity index (χ0n) is 15.8. The molecule has 0 saturated carbocycles. The normalized spacial score (nSPS) is 12.2. The number of aromatic nitrogens is 1. The molecular formula is C21H35NO2S. The predicted molar refractivity (Wildman–Crippen MR) is 107 cm³/mol. The Balaban J connectivity index is 2.24. The summed E-state index contributed by atoms with van der Waals surface area (Å²) < 4.78 is 0. The third-order valence-electron chi connectivity index (χ3n) is 4.71. The molecule has 1 atom stereocenters. The van der Waals surface area contributed by atoms with Crippen molar-refractivity contribution in [3.63, 3.8) is 0 Å². The average Bonchev–Trinajstić information content (AvgIpc) is 3.01. The summed E-state index contributed by atoms with van der Waals surface area (Å²) in [6, 6.07) is 0. The second-order valence-electron chi connectivity index (χ2n) is 6.97. The van der Waals surface area contributed by atoms with Crippen LogP contribution in [0.4, 0.5) is 0 Å². The Morgan fingerprint density at radius 3 is 2.28 bits per heavy atom. The van der Waals surface area contributed by atoms with Gasteiger partial charge >= 0.3 is 5.97 Å². The summed E-state index contributed by atoms with van der Waals surface area (Å²) >= 11 is 1.74. The molecule has 0 fully saturated rings. The summed E-state index contributed by atoms with van der Waals surface area (Å²) in [7, 11) is 0. The summed E-state index contributed by atoms with van der Waals surface area (Å²) in [6.45, 7) is 5.84. The molecule has 0 aliphatic rings. The van der Waals surface area contributed by atoms with Gasteiger partial charge in [-0.3, -0.25) is 4.79 Å². The van der Waals surface area contributed by atoms with E-state index < -0.39 is 5.97 Å². The van der Waals surface area contributed by atoms with Gasteiger partial charge in [0.2, 0.25) is 0 Å². The van der Waals surface area contributed by atoms with Gasteiger partial charge in [0.25, 0.3) is 0 Å². The highest BCUT2D eigenvalue weighted by Crippen LogP contribution is 2.29. The van der Waals surface area contributed by atoms with Crippen LogP contribution in [0.1, 0.15) is 100 Å². The SMILES string of the molecule is C=CCCCCCCCCC(CCCCCC(=O)O)c1csc(C)n1. The Kier molecular flexibility index (Phi) is 12.3. The molecule has 4 heteroatoms. The Labute approximate surface area is 157 Å². The first-order valence-electron chi connectivity index (χ1n) is 9.88. The fourth-order valence-corrected chi connectivity index (χ4v) is 3.93. The lowest BCUT2D eigenvalue weighted by Gasteiger charge is -2.15. The number of carboxylic acid groups (broad SMARTS) is 1. The summed E-state index contributed by atoms with van der Waals surface area (Å²) in [6.07, 6.45) is 16.6. The lowest BCUT2D eigenvalue weighted by Crippen LogP contribution is -2.01. The first-order valence-corrected chi connectivity index (χ1v) is 10.8. The topological polar surface area (TPSA) is 50.2 Å². The van der Waals surface area contributed by atoms with E-state index in [0.29, 0.717) is 12.3 Å². The first kappa shape index (κ1) is 21.9.